The number of hydrogen-bond donors (Lipinski definition) is 0. The van der Waals surface area contributed by atoms with Crippen LogP contribution in [0.4, 0.5) is 5.82 Å². The van der Waals surface area contributed by atoms with E-state index in [1.165, 1.54) is 5.69 Å². The Kier molecular flexibility index (Phi) is 5.64. The highest BCUT2D eigenvalue weighted by Gasteiger charge is 2.24. The first kappa shape index (κ1) is 19.0. The Hall–Kier alpha value is -2.38. The van der Waals surface area contributed by atoms with Crippen molar-refractivity contribution in [2.45, 2.75) is 25.3 Å². The Balaban J connectivity index is 1.53. The first-order valence-corrected chi connectivity index (χ1v) is 9.92. The Morgan fingerprint density at radius 1 is 1.32 bits per heavy atom. The number of nitrogens with zero attached hydrogens (tertiary/aromatic N) is 5. The fraction of sp³-hybridized carbons (Fsp3) is 0.524. The summed E-state index contributed by atoms with van der Waals surface area (Å²) in [6.45, 7) is 4.47. The second-order valence-electron chi connectivity index (χ2n) is 7.64. The van der Waals surface area contributed by atoms with Gasteiger partial charge >= 0.3 is 0 Å². The van der Waals surface area contributed by atoms with Crippen molar-refractivity contribution in [2.75, 3.05) is 45.3 Å². The van der Waals surface area contributed by atoms with E-state index in [1.807, 2.05) is 25.5 Å². The summed E-state index contributed by atoms with van der Waals surface area (Å²) in [6.07, 6.45) is 5.84. The summed E-state index contributed by atoms with van der Waals surface area (Å²) < 4.78 is 12.8. The van der Waals surface area contributed by atoms with Gasteiger partial charge in [0, 0.05) is 39.4 Å². The van der Waals surface area contributed by atoms with Crippen LogP contribution in [0.15, 0.2) is 35.2 Å². The fourth-order valence-corrected chi connectivity index (χ4v) is 3.95. The monoisotopic (exact) mass is 383 g/mol. The average molecular weight is 383 g/mol. The van der Waals surface area contributed by atoms with Crippen LogP contribution in [-0.2, 0) is 18.3 Å². The van der Waals surface area contributed by atoms with Gasteiger partial charge in [0.25, 0.3) is 0 Å². The number of ether oxygens (including phenoxy) is 1. The third-order valence-electron chi connectivity index (χ3n) is 5.67. The largest absolute Gasteiger partial charge is 0.468 e. The van der Waals surface area contributed by atoms with E-state index in [9.17, 15) is 0 Å². The maximum atomic E-state index is 5.50. The molecular weight excluding hydrogens is 354 g/mol. The molecule has 7 heteroatoms. The van der Waals surface area contributed by atoms with Crippen molar-refractivity contribution in [1.29, 1.82) is 0 Å². The summed E-state index contributed by atoms with van der Waals surface area (Å²) in [4.78, 5) is 14.2. The van der Waals surface area contributed by atoms with Gasteiger partial charge in [-0.2, -0.15) is 0 Å². The second kappa shape index (κ2) is 8.32. The van der Waals surface area contributed by atoms with E-state index in [4.69, 9.17) is 14.1 Å². The molecule has 150 valence electrons. The van der Waals surface area contributed by atoms with E-state index in [0.717, 1.165) is 61.6 Å². The van der Waals surface area contributed by atoms with Crippen LogP contribution in [0, 0.1) is 0 Å². The molecule has 4 rings (SSSR count). The highest BCUT2D eigenvalue weighted by atomic mass is 16.5. The lowest BCUT2D eigenvalue weighted by Crippen LogP contribution is -2.32. The van der Waals surface area contributed by atoms with Gasteiger partial charge in [0.2, 0.25) is 0 Å². The normalized spacial score (nSPS) is 16.1. The molecular formula is C21H29N5O2. The smallest absolute Gasteiger partial charge is 0.156 e. The summed E-state index contributed by atoms with van der Waals surface area (Å²) >= 11 is 0. The average Bonchev–Trinajstić information content (AvgIpc) is 3.36. The van der Waals surface area contributed by atoms with E-state index in [2.05, 4.69) is 32.5 Å². The van der Waals surface area contributed by atoms with Gasteiger partial charge in [-0.05, 0) is 44.1 Å². The maximum Gasteiger partial charge on any atom is 0.156 e. The minimum atomic E-state index is 0.474. The molecule has 0 saturated carbocycles. The van der Waals surface area contributed by atoms with Gasteiger partial charge in [0.1, 0.15) is 11.3 Å². The Labute approximate surface area is 165 Å². The molecule has 3 aromatic rings. The third kappa shape index (κ3) is 3.91. The van der Waals surface area contributed by atoms with Crippen molar-refractivity contribution in [2.24, 2.45) is 7.05 Å². The highest BCUT2D eigenvalue weighted by Crippen LogP contribution is 2.32. The summed E-state index contributed by atoms with van der Waals surface area (Å²) in [5.74, 6) is 2.46. The number of likely N-dealkylation sites (tertiary alicyclic amines) is 1. The summed E-state index contributed by atoms with van der Waals surface area (Å²) in [5.41, 5.74) is 3.27. The van der Waals surface area contributed by atoms with Crippen LogP contribution in [0.3, 0.4) is 0 Å². The highest BCUT2D eigenvalue weighted by molar-refractivity contribution is 5.87. The first-order valence-electron chi connectivity index (χ1n) is 9.92. The third-order valence-corrected chi connectivity index (χ3v) is 5.67. The molecule has 0 spiro atoms. The number of piperidine rings is 1. The zero-order valence-electron chi connectivity index (χ0n) is 17.0. The fourth-order valence-electron chi connectivity index (χ4n) is 3.95. The molecule has 0 bridgehead atoms. The Morgan fingerprint density at radius 3 is 2.86 bits per heavy atom. The van der Waals surface area contributed by atoms with E-state index in [0.29, 0.717) is 12.5 Å². The molecule has 0 aliphatic carbocycles. The van der Waals surface area contributed by atoms with Crippen LogP contribution >= 0.6 is 0 Å². The Bertz CT molecular complexity index is 897. The van der Waals surface area contributed by atoms with Gasteiger partial charge < -0.3 is 18.6 Å². The van der Waals surface area contributed by atoms with Crippen LogP contribution in [0.1, 0.15) is 30.2 Å². The van der Waals surface area contributed by atoms with Crippen LogP contribution in [-0.4, -0.2) is 59.8 Å². The molecule has 0 atom stereocenters. The van der Waals surface area contributed by atoms with E-state index < -0.39 is 0 Å². The second-order valence-corrected chi connectivity index (χ2v) is 7.64. The van der Waals surface area contributed by atoms with Crippen molar-refractivity contribution < 1.29 is 9.15 Å². The molecule has 0 unspecified atom stereocenters. The quantitative estimate of drug-likeness (QED) is 0.625. The Morgan fingerprint density at radius 2 is 2.14 bits per heavy atom. The number of methoxy groups -OCH3 is 1. The number of fused-ring (bicyclic) bond motifs is 1. The number of aryl methyl sites for hydroxylation is 1. The minimum Gasteiger partial charge on any atom is -0.468 e. The first-order chi connectivity index (χ1) is 13.7. The molecule has 0 amide bonds. The van der Waals surface area contributed by atoms with Crippen molar-refractivity contribution in [3.63, 3.8) is 0 Å². The number of anilines is 1. The summed E-state index contributed by atoms with van der Waals surface area (Å²) in [6, 6.07) is 6.23. The standard InChI is InChI=1S/C21H29N5O2/c1-24(10-12-27-3)21-20-19(25(2)15-22-20)13-18(23-21)16-6-8-26(9-7-16)14-17-5-4-11-28-17/h4-5,11,13,15-16H,6-10,12,14H2,1-3H3. The predicted octanol–water partition coefficient (Wildman–Crippen LogP) is 3.02. The lowest BCUT2D eigenvalue weighted by atomic mass is 9.92. The molecule has 3 aromatic heterocycles. The lowest BCUT2D eigenvalue weighted by molar-refractivity contribution is 0.190. The van der Waals surface area contributed by atoms with E-state index >= 15 is 0 Å². The lowest BCUT2D eigenvalue weighted by Gasteiger charge is -2.31. The molecule has 1 aliphatic rings. The molecule has 0 N–H and O–H groups in total. The summed E-state index contributed by atoms with van der Waals surface area (Å²) in [5, 5.41) is 0. The van der Waals surface area contributed by atoms with Crippen molar-refractivity contribution in [1.82, 2.24) is 19.4 Å². The molecule has 1 fully saturated rings. The van der Waals surface area contributed by atoms with Gasteiger partial charge in [-0.15, -0.1) is 0 Å². The minimum absolute atomic E-state index is 0.474. The molecule has 0 radical (unpaired) electrons. The maximum absolute atomic E-state index is 5.50. The number of hydrogen-bond acceptors (Lipinski definition) is 6. The molecule has 4 heterocycles. The molecule has 7 nitrogen and oxygen atoms in total. The van der Waals surface area contributed by atoms with Crippen molar-refractivity contribution in [3.05, 3.63) is 42.2 Å². The molecule has 1 aliphatic heterocycles. The van der Waals surface area contributed by atoms with Crippen LogP contribution < -0.4 is 4.90 Å². The van der Waals surface area contributed by atoms with Gasteiger partial charge in [-0.3, -0.25) is 4.90 Å². The zero-order valence-corrected chi connectivity index (χ0v) is 17.0. The summed E-state index contributed by atoms with van der Waals surface area (Å²) in [7, 11) is 5.83. The topological polar surface area (TPSA) is 59.6 Å². The SMILES string of the molecule is COCCN(C)c1nc(C2CCN(Cc3ccco3)CC2)cc2c1ncn2C. The van der Waals surface area contributed by atoms with Crippen molar-refractivity contribution in [3.8, 4) is 0 Å². The number of furan rings is 1. The van der Waals surface area contributed by atoms with E-state index in [1.54, 1.807) is 13.4 Å². The number of imidazole rings is 1. The van der Waals surface area contributed by atoms with Crippen LogP contribution in [0.2, 0.25) is 0 Å². The number of likely N-dealkylation sites (N-methyl/N-ethyl adjacent to an activating group) is 1. The molecule has 0 aromatic carbocycles. The predicted molar refractivity (Wildman–Crippen MR) is 110 cm³/mol. The zero-order chi connectivity index (χ0) is 19.5. The van der Waals surface area contributed by atoms with Gasteiger partial charge in [0.15, 0.2) is 5.82 Å². The van der Waals surface area contributed by atoms with Gasteiger partial charge in [0.05, 0.1) is 31.3 Å². The van der Waals surface area contributed by atoms with Crippen LogP contribution in [0.5, 0.6) is 0 Å². The number of pyridine rings is 1. The molecule has 28 heavy (non-hydrogen) atoms. The molecule has 1 saturated heterocycles. The van der Waals surface area contributed by atoms with E-state index in [-0.39, 0.29) is 0 Å². The number of aromatic nitrogens is 3. The van der Waals surface area contributed by atoms with Gasteiger partial charge in [-0.25, -0.2) is 9.97 Å². The van der Waals surface area contributed by atoms with Gasteiger partial charge in [-0.1, -0.05) is 0 Å². The van der Waals surface area contributed by atoms with Crippen LogP contribution in [0.25, 0.3) is 11.0 Å². The number of rotatable bonds is 7. The van der Waals surface area contributed by atoms with Crippen molar-refractivity contribution >= 4 is 16.9 Å².